The predicted octanol–water partition coefficient (Wildman–Crippen LogP) is 2.87. The van der Waals surface area contributed by atoms with Gasteiger partial charge in [-0.05, 0) is 0 Å². The van der Waals surface area contributed by atoms with Crippen LogP contribution in [0.4, 0.5) is 0 Å². The van der Waals surface area contributed by atoms with Crippen LogP contribution in [-0.4, -0.2) is 0 Å². The van der Waals surface area contributed by atoms with Crippen molar-refractivity contribution in [3.8, 4) is 0 Å². The van der Waals surface area contributed by atoms with Gasteiger partial charge in [0.15, 0.2) is 0 Å². The summed E-state index contributed by atoms with van der Waals surface area (Å²) in [6.07, 6.45) is 0. The Morgan fingerprint density at radius 2 is 0.400 bits per heavy atom. The second-order valence-electron chi connectivity index (χ2n) is 0. The molecule has 0 heterocycles. The molecule has 0 fully saturated rings. The van der Waals surface area contributed by atoms with Crippen LogP contribution in [0.5, 0.6) is 0 Å². The zero-order valence-electron chi connectivity index (χ0n) is 2.72. The zero-order chi connectivity index (χ0) is 0. The predicted molar refractivity (Wildman–Crippen MR) is 21.1 cm³/mol. The summed E-state index contributed by atoms with van der Waals surface area (Å²) in [5.41, 5.74) is 0. The van der Waals surface area contributed by atoms with Crippen molar-refractivity contribution in [2.45, 2.75) is 0 Å². The largest absolute Gasteiger partial charge is 4.00 e. The summed E-state index contributed by atoms with van der Waals surface area (Å²) < 4.78 is 0. The molecule has 0 aliphatic rings. The molecule has 0 saturated carbocycles. The number of rotatable bonds is 0. The van der Waals surface area contributed by atoms with E-state index in [0.717, 1.165) is 0 Å². The van der Waals surface area contributed by atoms with Gasteiger partial charge in [0.05, 0.1) is 0 Å². The summed E-state index contributed by atoms with van der Waals surface area (Å²) in [7, 11) is 0. The van der Waals surface area contributed by atoms with Gasteiger partial charge in [-0.1, -0.05) is 0 Å². The van der Waals surface area contributed by atoms with Crippen molar-refractivity contribution in [2.75, 3.05) is 0 Å². The quantitative estimate of drug-likeness (QED) is 0.481. The fourth-order valence-electron chi connectivity index (χ4n) is 0. The van der Waals surface area contributed by atoms with E-state index < -0.39 is 0 Å². The second kappa shape index (κ2) is 202. The maximum atomic E-state index is 0. The molecule has 0 amide bonds. The minimum atomic E-state index is 0. The standard InChI is InChI=1S/Mo.4H2N/h;4*1H2/q+4;4*-1. The summed E-state index contributed by atoms with van der Waals surface area (Å²) >= 11 is 0. The van der Waals surface area contributed by atoms with Crippen molar-refractivity contribution in [2.24, 2.45) is 0 Å². The summed E-state index contributed by atoms with van der Waals surface area (Å²) in [4.78, 5) is 0. The van der Waals surface area contributed by atoms with E-state index in [1.165, 1.54) is 0 Å². The molecule has 0 aromatic rings. The van der Waals surface area contributed by atoms with Crippen LogP contribution in [0.3, 0.4) is 0 Å². The van der Waals surface area contributed by atoms with E-state index in [2.05, 4.69) is 0 Å². The number of nitrogens with two attached hydrogens (primary N) is 4. The fourth-order valence-corrected chi connectivity index (χ4v) is 0. The summed E-state index contributed by atoms with van der Waals surface area (Å²) in [6, 6.07) is 0. The van der Waals surface area contributed by atoms with E-state index in [9.17, 15) is 0 Å². The molecule has 0 bridgehead atoms. The first-order chi connectivity index (χ1) is 0. The van der Waals surface area contributed by atoms with Gasteiger partial charge in [-0.3, -0.25) is 0 Å². The van der Waals surface area contributed by atoms with Crippen molar-refractivity contribution in [3.63, 3.8) is 0 Å². The average molecular weight is 160 g/mol. The monoisotopic (exact) mass is 162 g/mol. The molecule has 8 N–H and O–H groups in total. The van der Waals surface area contributed by atoms with Crippen LogP contribution in [0.15, 0.2) is 0 Å². The molecule has 0 spiro atoms. The van der Waals surface area contributed by atoms with Gasteiger partial charge in [0, 0.05) is 0 Å². The van der Waals surface area contributed by atoms with Crippen LogP contribution >= 0.6 is 0 Å². The van der Waals surface area contributed by atoms with Crippen LogP contribution in [0.25, 0.3) is 24.6 Å². The number of hydrogen-bond acceptors (Lipinski definition) is 0. The van der Waals surface area contributed by atoms with Crippen LogP contribution < -0.4 is 0 Å². The SMILES string of the molecule is [Mo+4].[NH2-].[NH2-].[NH2-].[NH2-]. The zero-order valence-corrected chi connectivity index (χ0v) is 4.72. The van der Waals surface area contributed by atoms with Gasteiger partial charge in [0.2, 0.25) is 0 Å². The van der Waals surface area contributed by atoms with Gasteiger partial charge < -0.3 is 24.6 Å². The Labute approximate surface area is 46.3 Å². The van der Waals surface area contributed by atoms with Crippen molar-refractivity contribution in [1.29, 1.82) is 0 Å². The molecule has 0 aliphatic heterocycles. The normalized spacial score (nSPS) is 0. The van der Waals surface area contributed by atoms with Gasteiger partial charge in [0.25, 0.3) is 0 Å². The Hall–Kier alpha value is 0.528. The molecule has 5 heteroatoms. The molecule has 0 aliphatic carbocycles. The third-order valence-electron chi connectivity index (χ3n) is 0. The minimum Gasteiger partial charge on any atom is -0.693 e. The van der Waals surface area contributed by atoms with Gasteiger partial charge in [-0.2, -0.15) is 0 Å². The number of hydrogen-bond donors (Lipinski definition) is 0. The fraction of sp³-hybridized carbons (Fsp3) is 0. The Morgan fingerprint density at radius 1 is 0.400 bits per heavy atom. The molecule has 5 heavy (non-hydrogen) atoms. The molecule has 0 aromatic heterocycles. The maximum Gasteiger partial charge on any atom is 4.00 e. The Kier molecular flexibility index (Phi) is 16400. The first kappa shape index (κ1) is 406. The third-order valence-corrected chi connectivity index (χ3v) is 0. The van der Waals surface area contributed by atoms with Crippen molar-refractivity contribution in [3.05, 3.63) is 24.6 Å². The van der Waals surface area contributed by atoms with Gasteiger partial charge in [-0.15, -0.1) is 0 Å². The molecule has 0 rings (SSSR count). The van der Waals surface area contributed by atoms with Crippen LogP contribution in [0.1, 0.15) is 0 Å². The van der Waals surface area contributed by atoms with E-state index in [-0.39, 0.29) is 45.7 Å². The Morgan fingerprint density at radius 3 is 0.400 bits per heavy atom. The summed E-state index contributed by atoms with van der Waals surface area (Å²) in [5, 5.41) is 0. The Balaban J connectivity index is 0. The second-order valence-corrected chi connectivity index (χ2v) is 0. The van der Waals surface area contributed by atoms with E-state index in [1.807, 2.05) is 0 Å². The van der Waals surface area contributed by atoms with Crippen molar-refractivity contribution < 1.29 is 21.1 Å². The molecule has 34 valence electrons. The summed E-state index contributed by atoms with van der Waals surface area (Å²) in [6.45, 7) is 0. The van der Waals surface area contributed by atoms with Crippen molar-refractivity contribution in [1.82, 2.24) is 0 Å². The van der Waals surface area contributed by atoms with Crippen LogP contribution in [0, 0.1) is 0 Å². The van der Waals surface area contributed by atoms with Gasteiger partial charge >= 0.3 is 21.1 Å². The van der Waals surface area contributed by atoms with E-state index in [1.54, 1.807) is 0 Å². The molecule has 0 aromatic carbocycles. The van der Waals surface area contributed by atoms with Gasteiger partial charge in [0.1, 0.15) is 0 Å². The molecule has 0 unspecified atom stereocenters. The first-order valence-electron chi connectivity index (χ1n) is 0. The van der Waals surface area contributed by atoms with E-state index >= 15 is 0 Å². The van der Waals surface area contributed by atoms with Crippen LogP contribution in [-0.2, 0) is 21.1 Å². The third kappa shape index (κ3) is 104. The van der Waals surface area contributed by atoms with Crippen molar-refractivity contribution >= 4 is 0 Å². The minimum absolute atomic E-state index is 0. The molecular formula is H8MoN4. The average Bonchev–Trinajstić information content (AvgIpc) is 0. The Bertz CT molecular complexity index is 3.61. The van der Waals surface area contributed by atoms with E-state index in [0.29, 0.717) is 0 Å². The molecule has 0 saturated heterocycles. The summed E-state index contributed by atoms with van der Waals surface area (Å²) in [5.74, 6) is 0. The van der Waals surface area contributed by atoms with Crippen LogP contribution in [0.2, 0.25) is 0 Å². The smallest absolute Gasteiger partial charge is 0.693 e. The topological polar surface area (TPSA) is 134 Å². The van der Waals surface area contributed by atoms with E-state index in [4.69, 9.17) is 0 Å². The first-order valence-corrected chi connectivity index (χ1v) is 0. The molecule has 0 atom stereocenters. The molecule has 4 nitrogen and oxygen atoms in total. The molecular weight excluding hydrogens is 152 g/mol. The maximum absolute atomic E-state index is 0. The molecule has 0 radical (unpaired) electrons. The van der Waals surface area contributed by atoms with Gasteiger partial charge in [-0.25, -0.2) is 0 Å².